The van der Waals surface area contributed by atoms with E-state index in [4.69, 9.17) is 5.11 Å². The van der Waals surface area contributed by atoms with Gasteiger partial charge >= 0.3 is 5.97 Å². The van der Waals surface area contributed by atoms with Crippen LogP contribution in [-0.2, 0) is 17.8 Å². The zero-order valence-corrected chi connectivity index (χ0v) is 10.4. The highest BCUT2D eigenvalue weighted by molar-refractivity contribution is 5.70. The highest BCUT2D eigenvalue weighted by Gasteiger charge is 2.27. The molecule has 1 atom stereocenters. The maximum atomic E-state index is 13.2. The summed E-state index contributed by atoms with van der Waals surface area (Å²) in [5.74, 6) is -2.37. The number of aromatic nitrogens is 3. The topological polar surface area (TPSA) is 68.0 Å². The monoisotopic (exact) mass is 279 g/mol. The smallest absolute Gasteiger partial charge is 0.307 e. The molecule has 1 aromatic carbocycles. The Hall–Kier alpha value is -2.31. The molecular weight excluding hydrogens is 268 g/mol. The van der Waals surface area contributed by atoms with Crippen LogP contribution in [0.15, 0.2) is 18.2 Å². The van der Waals surface area contributed by atoms with E-state index < -0.39 is 23.5 Å². The zero-order chi connectivity index (χ0) is 14.3. The molecule has 1 aromatic heterocycles. The van der Waals surface area contributed by atoms with Crippen LogP contribution in [0.25, 0.3) is 11.4 Å². The first kappa shape index (κ1) is 12.7. The van der Waals surface area contributed by atoms with Crippen LogP contribution in [0, 0.1) is 17.6 Å². The molecule has 7 heteroatoms. The molecule has 0 bridgehead atoms. The van der Waals surface area contributed by atoms with Crippen molar-refractivity contribution in [2.45, 2.75) is 19.4 Å². The molecule has 0 saturated carbocycles. The molecule has 5 nitrogen and oxygen atoms in total. The van der Waals surface area contributed by atoms with E-state index >= 15 is 0 Å². The van der Waals surface area contributed by atoms with E-state index in [0.29, 0.717) is 30.8 Å². The molecule has 1 aliphatic heterocycles. The number of nitrogens with zero attached hydrogens (tertiary/aromatic N) is 3. The number of carboxylic acids is 1. The summed E-state index contributed by atoms with van der Waals surface area (Å²) in [7, 11) is 0. The van der Waals surface area contributed by atoms with Crippen LogP contribution in [-0.4, -0.2) is 25.8 Å². The Balaban J connectivity index is 1.94. The summed E-state index contributed by atoms with van der Waals surface area (Å²) < 4.78 is 27.7. The number of fused-ring (bicyclic) bond motifs is 1. The molecule has 0 amide bonds. The van der Waals surface area contributed by atoms with Gasteiger partial charge in [0.05, 0.1) is 5.92 Å². The molecule has 0 spiro atoms. The number of aryl methyl sites for hydroxylation is 1. The van der Waals surface area contributed by atoms with Gasteiger partial charge < -0.3 is 5.11 Å². The molecule has 1 aliphatic rings. The first-order chi connectivity index (χ1) is 9.54. The van der Waals surface area contributed by atoms with Gasteiger partial charge in [-0.1, -0.05) is 0 Å². The van der Waals surface area contributed by atoms with Crippen molar-refractivity contribution in [1.82, 2.24) is 14.8 Å². The number of aliphatic carboxylic acids is 1. The van der Waals surface area contributed by atoms with E-state index in [1.54, 1.807) is 4.68 Å². The molecule has 2 heterocycles. The van der Waals surface area contributed by atoms with Crippen LogP contribution in [0.5, 0.6) is 0 Å². The largest absolute Gasteiger partial charge is 0.481 e. The van der Waals surface area contributed by atoms with Crippen LogP contribution < -0.4 is 0 Å². The predicted octanol–water partition coefficient (Wildman–Crippen LogP) is 1.87. The lowest BCUT2D eigenvalue weighted by Crippen LogP contribution is -2.26. The van der Waals surface area contributed by atoms with Crippen molar-refractivity contribution < 1.29 is 18.7 Å². The van der Waals surface area contributed by atoms with Crippen molar-refractivity contribution in [3.63, 3.8) is 0 Å². The number of hydrogen-bond donors (Lipinski definition) is 1. The third kappa shape index (κ3) is 2.15. The van der Waals surface area contributed by atoms with Gasteiger partial charge in [-0.15, -0.1) is 0 Å². The number of rotatable bonds is 2. The Morgan fingerprint density at radius 1 is 1.35 bits per heavy atom. The van der Waals surface area contributed by atoms with E-state index in [-0.39, 0.29) is 5.82 Å². The normalized spacial score (nSPS) is 17.8. The van der Waals surface area contributed by atoms with Gasteiger partial charge in [0, 0.05) is 18.5 Å². The summed E-state index contributed by atoms with van der Waals surface area (Å²) in [5.41, 5.74) is 0.373. The van der Waals surface area contributed by atoms with Crippen molar-refractivity contribution in [1.29, 1.82) is 0 Å². The highest BCUT2D eigenvalue weighted by atomic mass is 19.2. The van der Waals surface area contributed by atoms with Crippen molar-refractivity contribution in [3.05, 3.63) is 35.7 Å². The lowest BCUT2D eigenvalue weighted by atomic mass is 9.98. The first-order valence-corrected chi connectivity index (χ1v) is 6.16. The molecule has 2 aromatic rings. The standard InChI is InChI=1S/C13H11F2N3O2/c14-9-2-1-7(5-10(9)15)12-16-11-6-8(13(19)20)3-4-18(11)17-12/h1-2,5,8H,3-4,6H2,(H,19,20). The maximum absolute atomic E-state index is 13.2. The van der Waals surface area contributed by atoms with Crippen molar-refractivity contribution in [2.75, 3.05) is 0 Å². The summed E-state index contributed by atoms with van der Waals surface area (Å²) in [6.45, 7) is 0.461. The van der Waals surface area contributed by atoms with Crippen LogP contribution in [0.3, 0.4) is 0 Å². The van der Waals surface area contributed by atoms with Crippen molar-refractivity contribution in [3.8, 4) is 11.4 Å². The van der Waals surface area contributed by atoms with E-state index in [9.17, 15) is 13.6 Å². The number of halogens is 2. The number of carboxylic acid groups (broad SMARTS) is 1. The van der Waals surface area contributed by atoms with E-state index in [2.05, 4.69) is 10.1 Å². The number of benzene rings is 1. The number of carbonyl (C=O) groups is 1. The summed E-state index contributed by atoms with van der Waals surface area (Å²) in [6.07, 6.45) is 0.787. The molecule has 104 valence electrons. The van der Waals surface area contributed by atoms with Crippen LogP contribution in [0.2, 0.25) is 0 Å². The van der Waals surface area contributed by atoms with Gasteiger partial charge in [0.15, 0.2) is 17.5 Å². The van der Waals surface area contributed by atoms with Gasteiger partial charge in [-0.2, -0.15) is 5.10 Å². The fraction of sp³-hybridized carbons (Fsp3) is 0.308. The molecule has 1 N–H and O–H groups in total. The summed E-state index contributed by atoms with van der Waals surface area (Å²) in [4.78, 5) is 15.2. The maximum Gasteiger partial charge on any atom is 0.307 e. The highest BCUT2D eigenvalue weighted by Crippen LogP contribution is 2.23. The SMILES string of the molecule is O=C(O)C1CCn2nc(-c3ccc(F)c(F)c3)nc2C1. The lowest BCUT2D eigenvalue weighted by Gasteiger charge is -2.17. The van der Waals surface area contributed by atoms with Crippen molar-refractivity contribution in [2.24, 2.45) is 5.92 Å². The molecule has 20 heavy (non-hydrogen) atoms. The molecule has 3 rings (SSSR count). The Morgan fingerprint density at radius 3 is 2.85 bits per heavy atom. The van der Waals surface area contributed by atoms with E-state index in [1.807, 2.05) is 0 Å². The minimum atomic E-state index is -0.960. The van der Waals surface area contributed by atoms with Gasteiger partial charge in [0.1, 0.15) is 5.82 Å². The fourth-order valence-electron chi connectivity index (χ4n) is 2.27. The lowest BCUT2D eigenvalue weighted by molar-refractivity contribution is -0.142. The average Bonchev–Trinajstić information content (AvgIpc) is 2.84. The zero-order valence-electron chi connectivity index (χ0n) is 10.4. The first-order valence-electron chi connectivity index (χ1n) is 6.16. The van der Waals surface area contributed by atoms with Gasteiger partial charge in [-0.3, -0.25) is 4.79 Å². The molecule has 0 saturated heterocycles. The minimum Gasteiger partial charge on any atom is -0.481 e. The molecule has 0 aliphatic carbocycles. The summed E-state index contributed by atoms with van der Waals surface area (Å²) >= 11 is 0. The van der Waals surface area contributed by atoms with Crippen molar-refractivity contribution >= 4 is 5.97 Å². The van der Waals surface area contributed by atoms with Gasteiger partial charge in [-0.05, 0) is 24.6 Å². The Labute approximate surface area is 112 Å². The third-order valence-electron chi connectivity index (χ3n) is 3.39. The molecule has 0 fully saturated rings. The second kappa shape index (κ2) is 4.66. The quantitative estimate of drug-likeness (QED) is 0.911. The Kier molecular flexibility index (Phi) is 2.96. The van der Waals surface area contributed by atoms with E-state index in [0.717, 1.165) is 12.1 Å². The molecular formula is C13H11F2N3O2. The average molecular weight is 279 g/mol. The Bertz CT molecular complexity index is 684. The minimum absolute atomic E-state index is 0.282. The van der Waals surface area contributed by atoms with Gasteiger partial charge in [0.2, 0.25) is 0 Å². The molecule has 1 unspecified atom stereocenters. The van der Waals surface area contributed by atoms with E-state index in [1.165, 1.54) is 6.07 Å². The molecule has 0 radical (unpaired) electrons. The third-order valence-corrected chi connectivity index (χ3v) is 3.39. The second-order valence-corrected chi connectivity index (χ2v) is 4.73. The van der Waals surface area contributed by atoms with Crippen LogP contribution in [0.4, 0.5) is 8.78 Å². The number of hydrogen-bond acceptors (Lipinski definition) is 3. The second-order valence-electron chi connectivity index (χ2n) is 4.73. The summed E-state index contributed by atoms with van der Waals surface area (Å²) in [5, 5.41) is 13.2. The van der Waals surface area contributed by atoms with Crippen LogP contribution in [0.1, 0.15) is 12.2 Å². The fourth-order valence-corrected chi connectivity index (χ4v) is 2.27. The van der Waals surface area contributed by atoms with Crippen LogP contribution >= 0.6 is 0 Å². The van der Waals surface area contributed by atoms with Gasteiger partial charge in [-0.25, -0.2) is 18.4 Å². The Morgan fingerprint density at radius 2 is 2.15 bits per heavy atom. The van der Waals surface area contributed by atoms with Gasteiger partial charge in [0.25, 0.3) is 0 Å². The predicted molar refractivity (Wildman–Crippen MR) is 64.8 cm³/mol. The summed E-state index contributed by atoms with van der Waals surface area (Å²) in [6, 6.07) is 3.45.